The normalized spacial score (nSPS) is 14.9. The second kappa shape index (κ2) is 11.5. The number of hydrogen-bond donors (Lipinski definition) is 0. The molecule has 4 rings (SSSR count). The molecule has 0 bridgehead atoms. The number of hydrogen-bond acceptors (Lipinski definition) is 4. The van der Waals surface area contributed by atoms with Gasteiger partial charge in [-0.3, -0.25) is 4.79 Å². The minimum atomic E-state index is -0.107. The molecule has 5 heteroatoms. The lowest BCUT2D eigenvalue weighted by Crippen LogP contribution is -2.08. The Balaban J connectivity index is 1.29. The van der Waals surface area contributed by atoms with Crippen LogP contribution in [0.3, 0.4) is 0 Å². The lowest BCUT2D eigenvalue weighted by Gasteiger charge is -2.14. The molecule has 0 unspecified atom stereocenters. The van der Waals surface area contributed by atoms with Gasteiger partial charge in [0.15, 0.2) is 0 Å². The molecule has 5 nitrogen and oxygen atoms in total. The average Bonchev–Trinajstić information content (AvgIpc) is 3.44. The van der Waals surface area contributed by atoms with E-state index in [0.29, 0.717) is 26.2 Å². The van der Waals surface area contributed by atoms with Gasteiger partial charge in [-0.1, -0.05) is 19.4 Å². The first-order valence-corrected chi connectivity index (χ1v) is 12.8. The molecular formula is C29H37NO4. The van der Waals surface area contributed by atoms with E-state index in [-0.39, 0.29) is 11.9 Å². The Labute approximate surface area is 203 Å². The Kier molecular flexibility index (Phi) is 8.15. The Bertz CT molecular complexity index is 1120. The van der Waals surface area contributed by atoms with Crippen molar-refractivity contribution >= 4 is 16.9 Å². The van der Waals surface area contributed by atoms with Crippen molar-refractivity contribution in [3.8, 4) is 11.5 Å². The minimum absolute atomic E-state index is 0.107. The van der Waals surface area contributed by atoms with Crippen LogP contribution in [0.5, 0.6) is 11.5 Å². The molecule has 0 N–H and O–H groups in total. The molecular weight excluding hydrogens is 426 g/mol. The van der Waals surface area contributed by atoms with Gasteiger partial charge in [-0.2, -0.15) is 0 Å². The first kappa shape index (κ1) is 24.2. The monoisotopic (exact) mass is 463 g/mol. The zero-order chi connectivity index (χ0) is 23.9. The maximum atomic E-state index is 11.9. The van der Waals surface area contributed by atoms with Crippen LogP contribution in [0.15, 0.2) is 42.6 Å². The number of rotatable bonds is 12. The van der Waals surface area contributed by atoms with E-state index in [2.05, 4.69) is 54.9 Å². The van der Waals surface area contributed by atoms with Crippen molar-refractivity contribution in [1.29, 1.82) is 0 Å². The van der Waals surface area contributed by atoms with Gasteiger partial charge in [-0.05, 0) is 80.5 Å². The fraction of sp³-hybridized carbons (Fsp3) is 0.483. The Morgan fingerprint density at radius 1 is 1.06 bits per heavy atom. The molecule has 0 radical (unpaired) electrons. The third kappa shape index (κ3) is 5.40. The van der Waals surface area contributed by atoms with Crippen molar-refractivity contribution < 1.29 is 19.0 Å². The van der Waals surface area contributed by atoms with Crippen LogP contribution in [0.1, 0.15) is 69.1 Å². The van der Waals surface area contributed by atoms with Gasteiger partial charge in [-0.15, -0.1) is 0 Å². The average molecular weight is 464 g/mol. The zero-order valence-corrected chi connectivity index (χ0v) is 20.8. The van der Waals surface area contributed by atoms with E-state index in [0.717, 1.165) is 50.1 Å². The van der Waals surface area contributed by atoms with Crippen molar-refractivity contribution in [2.45, 2.75) is 71.8 Å². The standard InChI is InChI=1S/C29H37NO4/c1-4-8-26-25-15-16-30(5-2)27(25)13-14-28(26)34-18-7-17-33-23-11-12-24-21(19-23)9-10-22(24)20-29(31)32-6-3/h11-16,19,22H,4-10,17-18,20H2,1-3H3/t22-/m0/s1. The van der Waals surface area contributed by atoms with E-state index < -0.39 is 0 Å². The molecule has 1 aromatic heterocycles. The first-order valence-electron chi connectivity index (χ1n) is 12.8. The van der Waals surface area contributed by atoms with Gasteiger partial charge >= 0.3 is 5.97 Å². The quantitative estimate of drug-likeness (QED) is 0.229. The van der Waals surface area contributed by atoms with Gasteiger partial charge < -0.3 is 18.8 Å². The molecule has 1 aliphatic carbocycles. The smallest absolute Gasteiger partial charge is 0.306 e. The highest BCUT2D eigenvalue weighted by molar-refractivity contribution is 5.86. The number of benzene rings is 2. The van der Waals surface area contributed by atoms with Crippen LogP contribution < -0.4 is 9.47 Å². The van der Waals surface area contributed by atoms with Crippen molar-refractivity contribution in [1.82, 2.24) is 4.57 Å². The van der Waals surface area contributed by atoms with E-state index >= 15 is 0 Å². The maximum Gasteiger partial charge on any atom is 0.306 e. The molecule has 0 fully saturated rings. The highest BCUT2D eigenvalue weighted by Gasteiger charge is 2.25. The predicted molar refractivity (Wildman–Crippen MR) is 136 cm³/mol. The van der Waals surface area contributed by atoms with Gasteiger partial charge in [0.1, 0.15) is 11.5 Å². The third-order valence-corrected chi connectivity index (χ3v) is 6.71. The molecule has 0 aliphatic heterocycles. The number of aromatic nitrogens is 1. The number of carbonyl (C=O) groups is 1. The van der Waals surface area contributed by atoms with Crippen LogP contribution in [0.4, 0.5) is 0 Å². The second-order valence-electron chi connectivity index (χ2n) is 8.98. The van der Waals surface area contributed by atoms with E-state index in [1.807, 2.05) is 13.0 Å². The minimum Gasteiger partial charge on any atom is -0.493 e. The van der Waals surface area contributed by atoms with Crippen LogP contribution in [-0.2, 0) is 28.9 Å². The van der Waals surface area contributed by atoms with Gasteiger partial charge in [0.05, 0.1) is 26.2 Å². The van der Waals surface area contributed by atoms with Gasteiger partial charge in [0.2, 0.25) is 0 Å². The van der Waals surface area contributed by atoms with Crippen LogP contribution in [-0.4, -0.2) is 30.4 Å². The number of carbonyl (C=O) groups excluding carboxylic acids is 1. The molecule has 0 spiro atoms. The number of ether oxygens (including phenoxy) is 3. The zero-order valence-electron chi connectivity index (χ0n) is 20.8. The van der Waals surface area contributed by atoms with E-state index in [1.54, 1.807) is 0 Å². The molecule has 182 valence electrons. The number of fused-ring (bicyclic) bond motifs is 2. The molecule has 0 saturated heterocycles. The van der Waals surface area contributed by atoms with Crippen LogP contribution >= 0.6 is 0 Å². The SMILES string of the molecule is CCCc1c(OCCCOc2ccc3c(c2)CC[C@H]3CC(=O)OCC)ccc2c1ccn2CC. The highest BCUT2D eigenvalue weighted by atomic mass is 16.5. The lowest BCUT2D eigenvalue weighted by molar-refractivity contribution is -0.143. The highest BCUT2D eigenvalue weighted by Crippen LogP contribution is 2.37. The molecule has 2 aromatic carbocycles. The largest absolute Gasteiger partial charge is 0.493 e. The van der Waals surface area contributed by atoms with Crippen molar-refractivity contribution in [2.24, 2.45) is 0 Å². The van der Waals surface area contributed by atoms with Gasteiger partial charge in [0.25, 0.3) is 0 Å². The number of esters is 1. The summed E-state index contributed by atoms with van der Waals surface area (Å²) in [6.07, 6.45) is 7.55. The molecule has 34 heavy (non-hydrogen) atoms. The second-order valence-corrected chi connectivity index (χ2v) is 8.98. The Hall–Kier alpha value is -2.95. The number of aryl methyl sites for hydroxylation is 3. The predicted octanol–water partition coefficient (Wildman–Crippen LogP) is 6.44. The van der Waals surface area contributed by atoms with E-state index in [4.69, 9.17) is 14.2 Å². The summed E-state index contributed by atoms with van der Waals surface area (Å²) in [6.45, 7) is 8.89. The van der Waals surface area contributed by atoms with E-state index in [1.165, 1.54) is 27.6 Å². The summed E-state index contributed by atoms with van der Waals surface area (Å²) in [4.78, 5) is 11.9. The summed E-state index contributed by atoms with van der Waals surface area (Å²) in [6, 6.07) is 12.8. The van der Waals surface area contributed by atoms with Crippen LogP contribution in [0.2, 0.25) is 0 Å². The van der Waals surface area contributed by atoms with Crippen molar-refractivity contribution in [2.75, 3.05) is 19.8 Å². The Morgan fingerprint density at radius 2 is 1.91 bits per heavy atom. The lowest BCUT2D eigenvalue weighted by atomic mass is 9.98. The Morgan fingerprint density at radius 3 is 2.71 bits per heavy atom. The van der Waals surface area contributed by atoms with Crippen LogP contribution in [0.25, 0.3) is 10.9 Å². The van der Waals surface area contributed by atoms with Crippen molar-refractivity contribution in [3.05, 3.63) is 59.3 Å². The third-order valence-electron chi connectivity index (χ3n) is 6.71. The molecule has 1 atom stereocenters. The van der Waals surface area contributed by atoms with E-state index in [9.17, 15) is 4.79 Å². The molecule has 1 aliphatic rings. The number of nitrogens with zero attached hydrogens (tertiary/aromatic N) is 1. The summed E-state index contributed by atoms with van der Waals surface area (Å²) in [7, 11) is 0. The topological polar surface area (TPSA) is 49.7 Å². The molecule has 0 amide bonds. The summed E-state index contributed by atoms with van der Waals surface area (Å²) in [5.41, 5.74) is 5.14. The summed E-state index contributed by atoms with van der Waals surface area (Å²) in [5.74, 6) is 2.04. The fourth-order valence-corrected chi connectivity index (χ4v) is 5.07. The molecule has 0 saturated carbocycles. The molecule has 1 heterocycles. The summed E-state index contributed by atoms with van der Waals surface area (Å²) < 4.78 is 19.6. The van der Waals surface area contributed by atoms with Crippen molar-refractivity contribution in [3.63, 3.8) is 0 Å². The summed E-state index contributed by atoms with van der Waals surface area (Å²) >= 11 is 0. The first-order chi connectivity index (χ1) is 16.6. The maximum absolute atomic E-state index is 11.9. The van der Waals surface area contributed by atoms with Gasteiger partial charge in [0, 0.05) is 35.6 Å². The fourth-order valence-electron chi connectivity index (χ4n) is 5.07. The summed E-state index contributed by atoms with van der Waals surface area (Å²) in [5, 5.41) is 1.30. The molecule has 3 aromatic rings. The van der Waals surface area contributed by atoms with Crippen LogP contribution in [0, 0.1) is 0 Å². The van der Waals surface area contributed by atoms with Gasteiger partial charge in [-0.25, -0.2) is 0 Å².